The molecule has 26 heavy (non-hydrogen) atoms. The summed E-state index contributed by atoms with van der Waals surface area (Å²) in [6.45, 7) is 4.43. The zero-order chi connectivity index (χ0) is 18.1. The second kappa shape index (κ2) is 7.04. The predicted octanol–water partition coefficient (Wildman–Crippen LogP) is 5.22. The molecule has 0 spiro atoms. The third-order valence-electron chi connectivity index (χ3n) is 5.34. The van der Waals surface area contributed by atoms with Gasteiger partial charge in [-0.2, -0.15) is 0 Å². The smallest absolute Gasteiger partial charge is 0.121 e. The lowest BCUT2D eigenvalue weighted by Crippen LogP contribution is -2.13. The largest absolute Gasteiger partial charge is 0.376 e. The lowest BCUT2D eigenvalue weighted by molar-refractivity contribution is 0.104. The minimum Gasteiger partial charge on any atom is -0.376 e. The van der Waals surface area contributed by atoms with Crippen LogP contribution in [-0.2, 0) is 11.2 Å². The molecule has 134 valence electrons. The zero-order valence-electron chi connectivity index (χ0n) is 15.6. The Hall–Kier alpha value is -2.46. The summed E-state index contributed by atoms with van der Waals surface area (Å²) in [5, 5.41) is 9.20. The van der Waals surface area contributed by atoms with Gasteiger partial charge in [0.25, 0.3) is 0 Å². The van der Waals surface area contributed by atoms with Gasteiger partial charge in [-0.3, -0.25) is 0 Å². The van der Waals surface area contributed by atoms with E-state index in [-0.39, 0.29) is 6.10 Å². The molecule has 3 aromatic rings. The van der Waals surface area contributed by atoms with Crippen molar-refractivity contribution in [2.45, 2.75) is 45.3 Å². The van der Waals surface area contributed by atoms with E-state index in [9.17, 15) is 0 Å². The molecule has 0 aliphatic heterocycles. The molecule has 4 heteroatoms. The van der Waals surface area contributed by atoms with E-state index in [2.05, 4.69) is 77.4 Å². The fourth-order valence-electron chi connectivity index (χ4n) is 4.02. The van der Waals surface area contributed by atoms with Gasteiger partial charge in [-0.15, -0.1) is 5.10 Å². The van der Waals surface area contributed by atoms with Crippen molar-refractivity contribution in [1.29, 1.82) is 0 Å². The Morgan fingerprint density at radius 2 is 1.85 bits per heavy atom. The highest BCUT2D eigenvalue weighted by Crippen LogP contribution is 2.42. The number of aromatic nitrogens is 3. The second-order valence-corrected chi connectivity index (χ2v) is 7.04. The molecule has 1 aromatic heterocycles. The topological polar surface area (TPSA) is 39.9 Å². The standard InChI is InChI=1S/C22H25N3O/c1-4-9-15(2)25-22-19-13-8-7-12-18(19)20(26-3)14-16-10-5-6-11-17(16)21(22)23-24-25/h5-8,10-13,15,20H,4,9,14H2,1-3H3. The molecule has 0 N–H and O–H groups in total. The van der Waals surface area contributed by atoms with Crippen LogP contribution in [0.15, 0.2) is 48.5 Å². The van der Waals surface area contributed by atoms with Gasteiger partial charge < -0.3 is 4.74 Å². The highest BCUT2D eigenvalue weighted by atomic mass is 16.5. The SMILES string of the molecule is CCCC(C)n1nnc2c1-c1ccccc1C(OC)Cc1ccccc1-2. The Morgan fingerprint density at radius 1 is 1.12 bits per heavy atom. The summed E-state index contributed by atoms with van der Waals surface area (Å²) in [6.07, 6.45) is 3.05. The fourth-order valence-corrected chi connectivity index (χ4v) is 4.02. The monoisotopic (exact) mass is 347 g/mol. The first-order valence-corrected chi connectivity index (χ1v) is 9.40. The summed E-state index contributed by atoms with van der Waals surface area (Å²) < 4.78 is 8.00. The first kappa shape index (κ1) is 17.0. The maximum Gasteiger partial charge on any atom is 0.121 e. The maximum absolute atomic E-state index is 5.90. The van der Waals surface area contributed by atoms with E-state index in [4.69, 9.17) is 4.74 Å². The van der Waals surface area contributed by atoms with Gasteiger partial charge in [0.15, 0.2) is 0 Å². The van der Waals surface area contributed by atoms with Gasteiger partial charge in [0.1, 0.15) is 5.69 Å². The Morgan fingerprint density at radius 3 is 2.62 bits per heavy atom. The van der Waals surface area contributed by atoms with Crippen LogP contribution in [0.5, 0.6) is 0 Å². The number of benzene rings is 2. The molecular weight excluding hydrogens is 322 g/mol. The molecular formula is C22H25N3O. The van der Waals surface area contributed by atoms with Crippen molar-refractivity contribution in [3.8, 4) is 22.5 Å². The third-order valence-corrected chi connectivity index (χ3v) is 5.34. The number of fused-ring (bicyclic) bond motifs is 5. The van der Waals surface area contributed by atoms with Crippen molar-refractivity contribution in [1.82, 2.24) is 15.0 Å². The molecule has 1 aliphatic rings. The van der Waals surface area contributed by atoms with E-state index in [1.807, 2.05) is 0 Å². The summed E-state index contributed by atoms with van der Waals surface area (Å²) in [7, 11) is 1.79. The van der Waals surface area contributed by atoms with Crippen LogP contribution in [0.25, 0.3) is 22.5 Å². The molecule has 0 saturated carbocycles. The van der Waals surface area contributed by atoms with Gasteiger partial charge in [0.05, 0.1) is 17.8 Å². The Bertz CT molecular complexity index is 915. The first-order valence-electron chi connectivity index (χ1n) is 9.40. The molecule has 0 bridgehead atoms. The summed E-state index contributed by atoms with van der Waals surface area (Å²) in [6, 6.07) is 17.3. The van der Waals surface area contributed by atoms with Crippen LogP contribution >= 0.6 is 0 Å². The van der Waals surface area contributed by atoms with E-state index in [1.165, 1.54) is 16.7 Å². The van der Waals surface area contributed by atoms with Crippen LogP contribution < -0.4 is 0 Å². The molecule has 0 radical (unpaired) electrons. The lowest BCUT2D eigenvalue weighted by Gasteiger charge is -2.25. The summed E-state index contributed by atoms with van der Waals surface area (Å²) in [5.41, 5.74) is 6.88. The van der Waals surface area contributed by atoms with Crippen molar-refractivity contribution in [2.75, 3.05) is 7.11 Å². The van der Waals surface area contributed by atoms with Crippen molar-refractivity contribution >= 4 is 0 Å². The van der Waals surface area contributed by atoms with Gasteiger partial charge in [0.2, 0.25) is 0 Å². The third kappa shape index (κ3) is 2.74. The van der Waals surface area contributed by atoms with Gasteiger partial charge in [-0.25, -0.2) is 4.68 Å². The van der Waals surface area contributed by atoms with Crippen LogP contribution in [0.2, 0.25) is 0 Å². The molecule has 2 aromatic carbocycles. The number of hydrogen-bond donors (Lipinski definition) is 0. The van der Waals surface area contributed by atoms with Crippen molar-refractivity contribution in [3.05, 3.63) is 59.7 Å². The van der Waals surface area contributed by atoms with Crippen LogP contribution in [0.3, 0.4) is 0 Å². The van der Waals surface area contributed by atoms with Crippen LogP contribution in [0.1, 0.15) is 50.0 Å². The Labute approximate surface area is 154 Å². The van der Waals surface area contributed by atoms with Gasteiger partial charge in [-0.1, -0.05) is 67.1 Å². The molecule has 2 atom stereocenters. The fraction of sp³-hybridized carbons (Fsp3) is 0.364. The molecule has 1 aliphatic carbocycles. The highest BCUT2D eigenvalue weighted by Gasteiger charge is 2.28. The normalized spacial score (nSPS) is 16.8. The molecule has 2 unspecified atom stereocenters. The molecule has 4 rings (SSSR count). The van der Waals surface area contributed by atoms with E-state index in [0.717, 1.165) is 36.2 Å². The summed E-state index contributed by atoms with van der Waals surface area (Å²) in [4.78, 5) is 0. The van der Waals surface area contributed by atoms with E-state index < -0.39 is 0 Å². The summed E-state index contributed by atoms with van der Waals surface area (Å²) >= 11 is 0. The zero-order valence-corrected chi connectivity index (χ0v) is 15.6. The maximum atomic E-state index is 5.90. The van der Waals surface area contributed by atoms with Crippen LogP contribution in [0, 0.1) is 0 Å². The first-order chi connectivity index (χ1) is 12.7. The second-order valence-electron chi connectivity index (χ2n) is 7.04. The predicted molar refractivity (Wildman–Crippen MR) is 104 cm³/mol. The van der Waals surface area contributed by atoms with E-state index >= 15 is 0 Å². The average Bonchev–Trinajstić information content (AvgIpc) is 3.10. The number of rotatable bonds is 4. The number of ether oxygens (including phenoxy) is 1. The minimum atomic E-state index is 0.0188. The molecule has 1 heterocycles. The molecule has 0 amide bonds. The number of hydrogen-bond acceptors (Lipinski definition) is 3. The Kier molecular flexibility index (Phi) is 4.60. The van der Waals surface area contributed by atoms with E-state index in [0.29, 0.717) is 6.04 Å². The highest BCUT2D eigenvalue weighted by molar-refractivity contribution is 5.82. The van der Waals surface area contributed by atoms with Gasteiger partial charge >= 0.3 is 0 Å². The molecule has 4 nitrogen and oxygen atoms in total. The van der Waals surface area contributed by atoms with Crippen molar-refractivity contribution < 1.29 is 4.74 Å². The number of methoxy groups -OCH3 is 1. The number of nitrogens with zero attached hydrogens (tertiary/aromatic N) is 3. The van der Waals surface area contributed by atoms with Crippen molar-refractivity contribution in [2.24, 2.45) is 0 Å². The minimum absolute atomic E-state index is 0.0188. The lowest BCUT2D eigenvalue weighted by atomic mass is 9.87. The molecule has 0 saturated heterocycles. The van der Waals surface area contributed by atoms with Crippen LogP contribution in [0.4, 0.5) is 0 Å². The molecule has 0 fully saturated rings. The van der Waals surface area contributed by atoms with E-state index in [1.54, 1.807) is 7.11 Å². The average molecular weight is 347 g/mol. The van der Waals surface area contributed by atoms with Gasteiger partial charge in [0, 0.05) is 24.7 Å². The van der Waals surface area contributed by atoms with Gasteiger partial charge in [-0.05, 0) is 24.5 Å². The van der Waals surface area contributed by atoms with Crippen LogP contribution in [-0.4, -0.2) is 22.1 Å². The quantitative estimate of drug-likeness (QED) is 0.650. The van der Waals surface area contributed by atoms with Crippen molar-refractivity contribution in [3.63, 3.8) is 0 Å². The summed E-state index contributed by atoms with van der Waals surface area (Å²) in [5.74, 6) is 0. The Balaban J connectivity index is 2.03.